The first-order chi connectivity index (χ1) is 30.2. The molecular formula is C49H44N2O11. The number of carbonyl (C=O) groups excluding carboxylic acids is 2. The van der Waals surface area contributed by atoms with E-state index in [-0.39, 0.29) is 66.3 Å². The molecule has 13 heteroatoms. The molecule has 5 N–H and O–H groups in total. The number of nitrogens with one attached hydrogen (secondary N) is 1. The molecule has 5 heterocycles. The number of aromatic nitrogens is 1. The molecule has 2 fully saturated rings. The lowest BCUT2D eigenvalue weighted by atomic mass is 9.75. The molecule has 13 nitrogen and oxygen atoms in total. The smallest absolute Gasteiger partial charge is 0.254 e. The van der Waals surface area contributed by atoms with Crippen molar-refractivity contribution < 1.29 is 53.7 Å². The summed E-state index contributed by atoms with van der Waals surface area (Å²) in [7, 11) is 1.51. The third-order valence-corrected chi connectivity index (χ3v) is 13.7. The van der Waals surface area contributed by atoms with E-state index in [4.69, 9.17) is 23.7 Å². The molecule has 4 aliphatic heterocycles. The van der Waals surface area contributed by atoms with Crippen LogP contribution in [0.3, 0.4) is 0 Å². The van der Waals surface area contributed by atoms with Crippen molar-refractivity contribution in [2.75, 3.05) is 26.9 Å². The Balaban J connectivity index is 1.20. The molecule has 2 aliphatic carbocycles. The molecule has 8 bridgehead atoms. The molecule has 5 aromatic rings. The van der Waals surface area contributed by atoms with Crippen molar-refractivity contribution >= 4 is 45.5 Å². The summed E-state index contributed by atoms with van der Waals surface area (Å²) < 4.78 is 31.9. The highest BCUT2D eigenvalue weighted by Crippen LogP contribution is 2.55. The number of hydrogen-bond donors (Lipinski definition) is 5. The molecule has 0 unspecified atom stereocenters. The fourth-order valence-corrected chi connectivity index (χ4v) is 10.6. The van der Waals surface area contributed by atoms with Gasteiger partial charge in [-0.2, -0.15) is 0 Å². The SMILES string of the molecule is COc1cc2c3c(c4c(O)c2c2c1/C=C/[C@H](c1c[nH]c5ccccc15)OC[C@H]1O[C@H](O2)[C@@](O)(CO)[C@@H](OC#CCc2cccc5c2CN(CC4=O)C5=O)[C@@H]1O)[C@H]1CCC[C@@H]1C=C3. The zero-order chi connectivity index (χ0) is 42.4. The van der Waals surface area contributed by atoms with E-state index < -0.39 is 48.7 Å². The number of aliphatic hydroxyl groups is 3. The second kappa shape index (κ2) is 14.8. The Morgan fingerprint density at radius 3 is 2.74 bits per heavy atom. The van der Waals surface area contributed by atoms with Gasteiger partial charge in [0, 0.05) is 46.6 Å². The minimum absolute atomic E-state index is 0.0290. The summed E-state index contributed by atoms with van der Waals surface area (Å²) in [5, 5.41) is 49.9. The van der Waals surface area contributed by atoms with E-state index >= 15 is 4.79 Å². The van der Waals surface area contributed by atoms with Crippen LogP contribution in [0.4, 0.5) is 0 Å². The fraction of sp³-hybridized carbons (Fsp3) is 0.347. The van der Waals surface area contributed by atoms with Gasteiger partial charge in [0.05, 0.1) is 43.4 Å². The van der Waals surface area contributed by atoms with E-state index in [1.54, 1.807) is 30.4 Å². The van der Waals surface area contributed by atoms with Crippen LogP contribution in [-0.4, -0.2) is 99.1 Å². The number of nitrogens with zero attached hydrogens (tertiary/aromatic N) is 1. The standard InChI is InChI=1S/C49H44N2O11/c1-58-38-19-32-29-15-14-26-8-4-11-27(26)40(29)42-36(53)22-51-21-34-25(7-5-12-30(34)47(51)56)9-6-18-59-46-43(54)39-23-60-37(33-20-50-35-13-3-2-10-28(33)35)17-16-31(38)45(41(32)44(42)55)62-48(61-39)49(46,57)24-52/h2-3,5,7,10,12-17,19-20,26-27,37,39,43,46,48,50,52,54-55,57H,4,8-9,11,21-24H2,1H3/b17-16+/t26-,27+,37-,39-,43-,46+,48-,49-/m1/s1. The van der Waals surface area contributed by atoms with Crippen LogP contribution in [-0.2, 0) is 27.2 Å². The molecule has 1 saturated carbocycles. The maximum atomic E-state index is 15.0. The number of phenolic OH excluding ortho intramolecular Hbond substituents is 1. The van der Waals surface area contributed by atoms with E-state index in [0.717, 1.165) is 46.9 Å². The normalized spacial score (nSPS) is 29.1. The Hall–Kier alpha value is -6.14. The van der Waals surface area contributed by atoms with Crippen LogP contribution in [0.2, 0.25) is 0 Å². The third-order valence-electron chi connectivity index (χ3n) is 13.7. The zero-order valence-corrected chi connectivity index (χ0v) is 33.8. The number of allylic oxidation sites excluding steroid dienone is 1. The summed E-state index contributed by atoms with van der Waals surface area (Å²) in [6, 6.07) is 14.9. The second-order valence-corrected chi connectivity index (χ2v) is 17.0. The number of aromatic hydroxyl groups is 1. The van der Waals surface area contributed by atoms with Gasteiger partial charge in [-0.05, 0) is 71.2 Å². The average molecular weight is 837 g/mol. The molecule has 1 saturated heterocycles. The van der Waals surface area contributed by atoms with E-state index in [2.05, 4.69) is 23.1 Å². The van der Waals surface area contributed by atoms with Crippen molar-refractivity contribution in [3.8, 4) is 29.3 Å². The van der Waals surface area contributed by atoms with Crippen molar-refractivity contribution in [3.05, 3.63) is 111 Å². The second-order valence-electron chi connectivity index (χ2n) is 17.0. The highest BCUT2D eigenvalue weighted by Gasteiger charge is 2.59. The topological polar surface area (TPSA) is 180 Å². The Kier molecular flexibility index (Phi) is 9.22. The van der Waals surface area contributed by atoms with Crippen molar-refractivity contribution in [3.63, 3.8) is 0 Å². The van der Waals surface area contributed by atoms with Gasteiger partial charge in [-0.25, -0.2) is 0 Å². The number of aliphatic hydroxyl groups excluding tert-OH is 2. The maximum Gasteiger partial charge on any atom is 0.254 e. The Morgan fingerprint density at radius 2 is 1.89 bits per heavy atom. The number of rotatable bonds is 3. The molecule has 8 atom stereocenters. The molecule has 1 aromatic heterocycles. The molecule has 316 valence electrons. The number of benzene rings is 4. The number of Topliss-reactive ketones (excluding diaryl/α,β-unsaturated/α-hetero) is 1. The Morgan fingerprint density at radius 1 is 1.03 bits per heavy atom. The van der Waals surface area contributed by atoms with Crippen LogP contribution in [0.5, 0.6) is 17.2 Å². The molecule has 6 aliphatic rings. The number of para-hydroxylation sites is 1. The lowest BCUT2D eigenvalue weighted by Gasteiger charge is -2.47. The molecule has 0 spiro atoms. The third kappa shape index (κ3) is 5.82. The first-order valence-electron chi connectivity index (χ1n) is 21.1. The molecule has 62 heavy (non-hydrogen) atoms. The van der Waals surface area contributed by atoms with E-state index in [0.29, 0.717) is 33.4 Å². The molecule has 11 rings (SSSR count). The largest absolute Gasteiger partial charge is 0.506 e. The van der Waals surface area contributed by atoms with Gasteiger partial charge in [-0.3, -0.25) is 9.59 Å². The number of hydrogen-bond acceptors (Lipinski definition) is 11. The van der Waals surface area contributed by atoms with Gasteiger partial charge in [-0.15, -0.1) is 0 Å². The molecule has 0 radical (unpaired) electrons. The van der Waals surface area contributed by atoms with Crippen LogP contribution in [0.25, 0.3) is 33.8 Å². The van der Waals surface area contributed by atoms with E-state index in [1.807, 2.05) is 42.6 Å². The van der Waals surface area contributed by atoms with Crippen LogP contribution in [0.1, 0.15) is 85.4 Å². The number of phenols is 1. The van der Waals surface area contributed by atoms with Gasteiger partial charge in [-0.1, -0.05) is 60.9 Å². The van der Waals surface area contributed by atoms with Crippen LogP contribution in [0, 0.1) is 17.9 Å². The minimum Gasteiger partial charge on any atom is -0.506 e. The van der Waals surface area contributed by atoms with Crippen LogP contribution >= 0.6 is 0 Å². The average Bonchev–Trinajstić information content (AvgIpc) is 4.02. The van der Waals surface area contributed by atoms with Crippen LogP contribution < -0.4 is 9.47 Å². The number of ketones is 1. The summed E-state index contributed by atoms with van der Waals surface area (Å²) >= 11 is 0. The van der Waals surface area contributed by atoms with Crippen molar-refractivity contribution in [2.24, 2.45) is 5.92 Å². The van der Waals surface area contributed by atoms with Gasteiger partial charge in [0.1, 0.15) is 41.7 Å². The number of aromatic amines is 1. The van der Waals surface area contributed by atoms with E-state index in [9.17, 15) is 25.2 Å². The van der Waals surface area contributed by atoms with Crippen molar-refractivity contribution in [1.82, 2.24) is 9.88 Å². The highest BCUT2D eigenvalue weighted by atomic mass is 16.7. The van der Waals surface area contributed by atoms with Crippen molar-refractivity contribution in [2.45, 2.75) is 74.5 Å². The first-order valence-corrected chi connectivity index (χ1v) is 21.1. The maximum absolute atomic E-state index is 15.0. The summed E-state index contributed by atoms with van der Waals surface area (Å²) in [6.07, 6.45) is 8.06. The monoisotopic (exact) mass is 836 g/mol. The summed E-state index contributed by atoms with van der Waals surface area (Å²) in [4.78, 5) is 33.8. The van der Waals surface area contributed by atoms with Gasteiger partial charge in [0.15, 0.2) is 17.5 Å². The van der Waals surface area contributed by atoms with Gasteiger partial charge in [0.2, 0.25) is 6.29 Å². The molecule has 4 aromatic carbocycles. The number of fused-ring (bicyclic) bond motifs is 10. The number of methoxy groups -OCH3 is 1. The first kappa shape index (κ1) is 38.8. The quantitative estimate of drug-likeness (QED) is 0.142. The fourth-order valence-electron chi connectivity index (χ4n) is 10.6. The van der Waals surface area contributed by atoms with Gasteiger partial charge in [0.25, 0.3) is 5.91 Å². The highest BCUT2D eigenvalue weighted by molar-refractivity contribution is 6.14. The minimum atomic E-state index is -2.45. The number of carbonyl (C=O) groups is 2. The van der Waals surface area contributed by atoms with Gasteiger partial charge >= 0.3 is 0 Å². The predicted molar refractivity (Wildman–Crippen MR) is 227 cm³/mol. The van der Waals surface area contributed by atoms with Gasteiger partial charge < -0.3 is 54.0 Å². The summed E-state index contributed by atoms with van der Waals surface area (Å²) in [5.74, 6) is 2.24. The van der Waals surface area contributed by atoms with Crippen molar-refractivity contribution in [1.29, 1.82) is 0 Å². The predicted octanol–water partition coefficient (Wildman–Crippen LogP) is 5.66. The lowest BCUT2D eigenvalue weighted by molar-refractivity contribution is -0.328. The van der Waals surface area contributed by atoms with Crippen LogP contribution in [0.15, 0.2) is 66.9 Å². The Labute approximate surface area is 356 Å². The molecule has 1 amide bonds. The Bertz CT molecular complexity index is 2830. The number of ether oxygens (including phenoxy) is 5. The number of amides is 1. The zero-order valence-electron chi connectivity index (χ0n) is 33.8. The molecular weight excluding hydrogens is 793 g/mol. The summed E-state index contributed by atoms with van der Waals surface area (Å²) in [5.41, 5.74) is 2.94. The van der Waals surface area contributed by atoms with E-state index in [1.165, 1.54) is 12.0 Å². The lowest BCUT2D eigenvalue weighted by Crippen LogP contribution is -2.70. The number of H-pyrrole nitrogens is 1. The summed E-state index contributed by atoms with van der Waals surface area (Å²) in [6.45, 7) is -1.36.